The Morgan fingerprint density at radius 1 is 1.25 bits per heavy atom. The maximum atomic E-state index is 7.79. The van der Waals surface area contributed by atoms with Gasteiger partial charge < -0.3 is 5.31 Å². The van der Waals surface area contributed by atoms with E-state index in [9.17, 15) is 0 Å². The molecule has 0 aliphatic rings. The molecule has 1 nitrogen and oxygen atoms in total. The Hall–Kier alpha value is -0.820. The molecule has 1 aromatic carbocycles. The van der Waals surface area contributed by atoms with Crippen molar-refractivity contribution in [1.29, 1.82) is 0 Å². The first-order chi connectivity index (χ1) is 6.00. The van der Waals surface area contributed by atoms with E-state index in [2.05, 4.69) is 0 Å². The molecule has 0 aliphatic heterocycles. The summed E-state index contributed by atoms with van der Waals surface area (Å²) in [4.78, 5) is 0. The van der Waals surface area contributed by atoms with E-state index in [1.165, 1.54) is 5.56 Å². The molecule has 0 heterocycles. The maximum Gasteiger partial charge on any atom is 0.123 e. The Morgan fingerprint density at radius 2 is 1.83 bits per heavy atom. The minimum atomic E-state index is -0.0875. The van der Waals surface area contributed by atoms with Crippen LogP contribution >= 0.6 is 0 Å². The quantitative estimate of drug-likeness (QED) is 0.708. The van der Waals surface area contributed by atoms with Crippen LogP contribution in [0.4, 0.5) is 0 Å². The minimum absolute atomic E-state index is 0.0875. The van der Waals surface area contributed by atoms with Gasteiger partial charge in [0.05, 0.1) is 0 Å². The van der Waals surface area contributed by atoms with E-state index in [-0.39, 0.29) is 5.54 Å². The monoisotopic (exact) mass is 164 g/mol. The number of hydrogen-bond acceptors (Lipinski definition) is 1. The highest BCUT2D eigenvalue weighted by Crippen LogP contribution is 2.03. The van der Waals surface area contributed by atoms with Crippen LogP contribution < -0.4 is 5.31 Å². The molecule has 0 fully saturated rings. The number of nitrogens with one attached hydrogen (secondary N) is 1. The molecule has 0 radical (unpaired) electrons. The summed E-state index contributed by atoms with van der Waals surface area (Å²) in [6.45, 7) is 6.82. The lowest BCUT2D eigenvalue weighted by atomic mass is 10.1. The summed E-state index contributed by atoms with van der Waals surface area (Å²) in [7, 11) is 0. The fourth-order valence-electron chi connectivity index (χ4n) is 0.912. The molecular weight excluding hydrogens is 146 g/mol. The van der Waals surface area contributed by atoms with Crippen LogP contribution in [0.2, 0.25) is 1.41 Å². The third-order valence-electron chi connectivity index (χ3n) is 1.58. The fourth-order valence-corrected chi connectivity index (χ4v) is 0.912. The molecule has 0 bridgehead atoms. The second kappa shape index (κ2) is 3.72. The van der Waals surface area contributed by atoms with Gasteiger partial charge in [-0.25, -0.2) is 0 Å². The van der Waals surface area contributed by atoms with E-state index >= 15 is 0 Å². The Balaban J connectivity index is 2.61. The summed E-state index contributed by atoms with van der Waals surface area (Å²) >= 11 is 0. The Kier molecular flexibility index (Phi) is 2.42. The molecular formula is C11H17N. The number of rotatable bonds is 2. The van der Waals surface area contributed by atoms with Crippen LogP contribution in [-0.2, 0) is 6.54 Å². The second-order valence-electron chi connectivity index (χ2n) is 3.97. The smallest absolute Gasteiger partial charge is 0.123 e. The SMILES string of the molecule is [2H]N(Cc1ccccc1)C(C)(C)C. The lowest BCUT2D eigenvalue weighted by Crippen LogP contribution is -2.34. The van der Waals surface area contributed by atoms with Gasteiger partial charge >= 0.3 is 0 Å². The van der Waals surface area contributed by atoms with Crippen LogP contribution in [0.25, 0.3) is 0 Å². The van der Waals surface area contributed by atoms with Crippen molar-refractivity contribution in [3.63, 3.8) is 0 Å². The molecule has 0 amide bonds. The number of hydrogen-bond donors (Lipinski definition) is 1. The molecule has 1 heteroatoms. The summed E-state index contributed by atoms with van der Waals surface area (Å²) in [5.41, 5.74) is 1.10. The molecule has 0 atom stereocenters. The second-order valence-corrected chi connectivity index (χ2v) is 3.97. The van der Waals surface area contributed by atoms with Gasteiger partial charge in [0, 0.05) is 12.1 Å². The van der Waals surface area contributed by atoms with E-state index in [4.69, 9.17) is 1.41 Å². The normalized spacial score (nSPS) is 13.2. The molecule has 0 saturated carbocycles. The average Bonchev–Trinajstić information content (AvgIpc) is 2.04. The first kappa shape index (κ1) is 7.81. The van der Waals surface area contributed by atoms with Gasteiger partial charge in [-0.1, -0.05) is 30.3 Å². The van der Waals surface area contributed by atoms with Gasteiger partial charge in [-0.15, -0.1) is 0 Å². The van der Waals surface area contributed by atoms with Gasteiger partial charge in [0.1, 0.15) is 1.41 Å². The highest BCUT2D eigenvalue weighted by atomic mass is 14.9. The first-order valence-corrected chi connectivity index (χ1v) is 4.30. The average molecular weight is 164 g/mol. The van der Waals surface area contributed by atoms with Gasteiger partial charge in [-0.3, -0.25) is 0 Å². The fraction of sp³-hybridized carbons (Fsp3) is 0.455. The van der Waals surface area contributed by atoms with Crippen molar-refractivity contribution >= 4 is 0 Å². The van der Waals surface area contributed by atoms with Crippen molar-refractivity contribution in [2.45, 2.75) is 32.9 Å². The largest absolute Gasteiger partial charge is 0.308 e. The number of benzene rings is 1. The summed E-state index contributed by atoms with van der Waals surface area (Å²) in [5, 5.41) is 1.60. The maximum absolute atomic E-state index is 7.79. The van der Waals surface area contributed by atoms with E-state index in [1.54, 1.807) is 5.31 Å². The van der Waals surface area contributed by atoms with E-state index in [1.807, 2.05) is 51.1 Å². The molecule has 1 rings (SSSR count). The van der Waals surface area contributed by atoms with Crippen LogP contribution in [0.5, 0.6) is 0 Å². The third-order valence-corrected chi connectivity index (χ3v) is 1.58. The van der Waals surface area contributed by atoms with E-state index < -0.39 is 0 Å². The summed E-state index contributed by atoms with van der Waals surface area (Å²) in [6, 6.07) is 10.1. The standard InChI is InChI=1S/C11H17N/c1-11(2,3)12-9-10-7-5-4-6-8-10/h4-8,12H,9H2,1-3H3/i/hD. The zero-order chi connectivity index (χ0) is 9.90. The van der Waals surface area contributed by atoms with Gasteiger partial charge in [-0.05, 0) is 26.3 Å². The van der Waals surface area contributed by atoms with E-state index in [0.717, 1.165) is 0 Å². The first-order valence-electron chi connectivity index (χ1n) is 4.75. The van der Waals surface area contributed by atoms with E-state index in [0.29, 0.717) is 6.54 Å². The van der Waals surface area contributed by atoms with Crippen molar-refractivity contribution in [3.05, 3.63) is 35.9 Å². The zero-order valence-corrected chi connectivity index (χ0v) is 8.04. The van der Waals surface area contributed by atoms with Crippen molar-refractivity contribution in [2.75, 3.05) is 0 Å². The zero-order valence-electron chi connectivity index (χ0n) is 9.04. The summed E-state index contributed by atoms with van der Waals surface area (Å²) in [5.74, 6) is 0. The lowest BCUT2D eigenvalue weighted by molar-refractivity contribution is 0.424. The lowest BCUT2D eigenvalue weighted by Gasteiger charge is -2.20. The predicted molar refractivity (Wildman–Crippen MR) is 53.0 cm³/mol. The molecule has 12 heavy (non-hydrogen) atoms. The highest BCUT2D eigenvalue weighted by Gasteiger charge is 2.07. The molecule has 0 aromatic heterocycles. The van der Waals surface area contributed by atoms with Crippen molar-refractivity contribution in [1.82, 2.24) is 5.31 Å². The molecule has 66 valence electrons. The molecule has 1 aromatic rings. The van der Waals surface area contributed by atoms with Crippen LogP contribution in [0.1, 0.15) is 26.3 Å². The third kappa shape index (κ3) is 3.54. The van der Waals surface area contributed by atoms with Gasteiger partial charge in [0.15, 0.2) is 0 Å². The van der Waals surface area contributed by atoms with Gasteiger partial charge in [0.2, 0.25) is 0 Å². The van der Waals surface area contributed by atoms with Gasteiger partial charge in [0.25, 0.3) is 0 Å². The molecule has 0 saturated heterocycles. The van der Waals surface area contributed by atoms with Crippen molar-refractivity contribution in [2.24, 2.45) is 0 Å². The van der Waals surface area contributed by atoms with Gasteiger partial charge in [-0.2, -0.15) is 0 Å². The molecule has 0 aliphatic carbocycles. The van der Waals surface area contributed by atoms with Crippen LogP contribution in [0.3, 0.4) is 0 Å². The van der Waals surface area contributed by atoms with Crippen molar-refractivity contribution < 1.29 is 1.41 Å². The van der Waals surface area contributed by atoms with Crippen LogP contribution in [0, 0.1) is 0 Å². The topological polar surface area (TPSA) is 12.0 Å². The van der Waals surface area contributed by atoms with Crippen LogP contribution in [0.15, 0.2) is 30.3 Å². The summed E-state index contributed by atoms with van der Waals surface area (Å²) < 4.78 is 7.79. The van der Waals surface area contributed by atoms with Crippen LogP contribution in [-0.4, -0.2) is 5.54 Å². The molecule has 1 N–H and O–H groups in total. The molecule has 0 spiro atoms. The molecule has 0 unspecified atom stereocenters. The Labute approximate surface area is 76.3 Å². The highest BCUT2D eigenvalue weighted by molar-refractivity contribution is 5.14. The predicted octanol–water partition coefficient (Wildman–Crippen LogP) is 2.57. The minimum Gasteiger partial charge on any atom is -0.308 e. The van der Waals surface area contributed by atoms with Crippen molar-refractivity contribution in [3.8, 4) is 0 Å². The Bertz CT molecular complexity index is 251. The summed E-state index contributed by atoms with van der Waals surface area (Å²) in [6.07, 6.45) is 0. The Morgan fingerprint density at radius 3 is 2.33 bits per heavy atom.